The molecule has 2 heterocycles. The summed E-state index contributed by atoms with van der Waals surface area (Å²) in [5.74, 6) is 1.28. The summed E-state index contributed by atoms with van der Waals surface area (Å²) in [7, 11) is 3.59. The molecule has 4 nitrogen and oxygen atoms in total. The molecule has 130 valence electrons. The van der Waals surface area contributed by atoms with E-state index >= 15 is 0 Å². The van der Waals surface area contributed by atoms with Crippen molar-refractivity contribution in [2.75, 3.05) is 19.1 Å². The molecule has 1 N–H and O–H groups in total. The molecule has 4 rings (SSSR count). The van der Waals surface area contributed by atoms with Gasteiger partial charge in [-0.15, -0.1) is 0 Å². The molecule has 5 heteroatoms. The Morgan fingerprint density at radius 1 is 1.20 bits per heavy atom. The van der Waals surface area contributed by atoms with Crippen molar-refractivity contribution in [1.29, 1.82) is 0 Å². The molecule has 2 aliphatic heterocycles. The van der Waals surface area contributed by atoms with E-state index in [2.05, 4.69) is 18.7 Å². The van der Waals surface area contributed by atoms with E-state index in [-0.39, 0.29) is 11.2 Å². The summed E-state index contributed by atoms with van der Waals surface area (Å²) in [6, 6.07) is 9.16. The number of likely N-dealkylation sites (N-methyl/N-ethyl adjacent to an activating group) is 1. The lowest BCUT2D eigenvalue weighted by Gasteiger charge is -2.46. The number of phenolic OH excluding ortho intramolecular Hbond substituents is 1. The Hall–Kier alpha value is -2.33. The summed E-state index contributed by atoms with van der Waals surface area (Å²) < 4.78 is 12.0. The number of hydrogen-bond donors (Lipinski definition) is 1. The van der Waals surface area contributed by atoms with Gasteiger partial charge in [0.1, 0.15) is 5.75 Å². The van der Waals surface area contributed by atoms with Crippen molar-refractivity contribution in [3.63, 3.8) is 0 Å². The topological polar surface area (TPSA) is 41.9 Å². The van der Waals surface area contributed by atoms with Gasteiger partial charge >= 0.3 is 0 Å². The molecule has 1 unspecified atom stereocenters. The minimum atomic E-state index is -0.711. The summed E-state index contributed by atoms with van der Waals surface area (Å²) >= 11 is 6.25. The highest BCUT2D eigenvalue weighted by Gasteiger charge is 2.58. The zero-order valence-electron chi connectivity index (χ0n) is 14.6. The van der Waals surface area contributed by atoms with Crippen molar-refractivity contribution in [2.24, 2.45) is 0 Å². The molecular formula is C20H20ClNO3. The summed E-state index contributed by atoms with van der Waals surface area (Å²) in [6.45, 7) is 4.29. The standard InChI is InChI=1S/C20H20ClNO3/c1-19(2)15-10-13(21)5-6-16(15)22(3)20(19)8-7-12-9-14(23)11-17(24-4)18(12)25-20/h5-11,23H,1-4H3. The first kappa shape index (κ1) is 16.2. The van der Waals surface area contributed by atoms with Gasteiger partial charge in [-0.2, -0.15) is 0 Å². The van der Waals surface area contributed by atoms with Gasteiger partial charge in [-0.25, -0.2) is 0 Å². The number of anilines is 1. The molecule has 2 aromatic carbocycles. The summed E-state index contributed by atoms with van der Waals surface area (Å²) in [4.78, 5) is 2.13. The van der Waals surface area contributed by atoms with Crippen LogP contribution in [-0.4, -0.2) is 25.0 Å². The predicted molar refractivity (Wildman–Crippen MR) is 99.9 cm³/mol. The smallest absolute Gasteiger partial charge is 0.212 e. The summed E-state index contributed by atoms with van der Waals surface area (Å²) in [5, 5.41) is 10.6. The molecule has 1 spiro atoms. The van der Waals surface area contributed by atoms with Crippen molar-refractivity contribution in [3.05, 3.63) is 52.6 Å². The van der Waals surface area contributed by atoms with E-state index in [9.17, 15) is 5.11 Å². The third-order valence-electron chi connectivity index (χ3n) is 5.42. The zero-order valence-corrected chi connectivity index (χ0v) is 15.4. The largest absolute Gasteiger partial charge is 0.508 e. The Morgan fingerprint density at radius 3 is 2.68 bits per heavy atom. The number of fused-ring (bicyclic) bond motifs is 2. The van der Waals surface area contributed by atoms with Crippen molar-refractivity contribution < 1.29 is 14.6 Å². The van der Waals surface area contributed by atoms with Crippen LogP contribution in [0.3, 0.4) is 0 Å². The van der Waals surface area contributed by atoms with Crippen LogP contribution in [0.1, 0.15) is 25.0 Å². The van der Waals surface area contributed by atoms with Gasteiger partial charge in [0, 0.05) is 29.4 Å². The minimum absolute atomic E-state index is 0.147. The second-order valence-electron chi connectivity index (χ2n) is 7.04. The lowest BCUT2D eigenvalue weighted by atomic mass is 9.76. The van der Waals surface area contributed by atoms with Crippen LogP contribution in [-0.2, 0) is 5.41 Å². The molecule has 0 aromatic heterocycles. The Labute approximate surface area is 152 Å². The van der Waals surface area contributed by atoms with Gasteiger partial charge in [0.25, 0.3) is 0 Å². The zero-order chi connectivity index (χ0) is 18.0. The van der Waals surface area contributed by atoms with Crippen LogP contribution in [0.25, 0.3) is 6.08 Å². The van der Waals surface area contributed by atoms with Crippen LogP contribution < -0.4 is 14.4 Å². The van der Waals surface area contributed by atoms with Crippen LogP contribution in [0.5, 0.6) is 17.2 Å². The fourth-order valence-electron chi connectivity index (χ4n) is 3.99. The SMILES string of the molecule is COc1cc(O)cc2c1OC1(C=C2)N(C)c2ccc(Cl)cc2C1(C)C. The lowest BCUT2D eigenvalue weighted by Crippen LogP contribution is -2.58. The first-order valence-corrected chi connectivity index (χ1v) is 8.51. The maximum atomic E-state index is 9.89. The monoisotopic (exact) mass is 357 g/mol. The van der Waals surface area contributed by atoms with Gasteiger partial charge < -0.3 is 19.5 Å². The van der Waals surface area contributed by atoms with Gasteiger partial charge in [-0.05, 0) is 55.8 Å². The van der Waals surface area contributed by atoms with Gasteiger partial charge in [0.15, 0.2) is 11.5 Å². The molecule has 0 saturated carbocycles. The van der Waals surface area contributed by atoms with Crippen molar-refractivity contribution in [1.82, 2.24) is 0 Å². The van der Waals surface area contributed by atoms with Crippen LogP contribution in [0.2, 0.25) is 5.02 Å². The number of ether oxygens (including phenoxy) is 2. The van der Waals surface area contributed by atoms with E-state index in [0.29, 0.717) is 16.5 Å². The van der Waals surface area contributed by atoms with Crippen LogP contribution in [0, 0.1) is 0 Å². The summed E-state index contributed by atoms with van der Waals surface area (Å²) in [6.07, 6.45) is 4.02. The third kappa shape index (κ3) is 2.00. The summed E-state index contributed by atoms with van der Waals surface area (Å²) in [5.41, 5.74) is 1.95. The predicted octanol–water partition coefficient (Wildman–Crippen LogP) is 4.58. The van der Waals surface area contributed by atoms with E-state index in [1.165, 1.54) is 0 Å². The number of halogens is 1. The Morgan fingerprint density at radius 2 is 1.96 bits per heavy atom. The number of aromatic hydroxyl groups is 1. The highest BCUT2D eigenvalue weighted by molar-refractivity contribution is 6.30. The van der Waals surface area contributed by atoms with Crippen molar-refractivity contribution >= 4 is 23.4 Å². The fourth-order valence-corrected chi connectivity index (χ4v) is 4.17. The van der Waals surface area contributed by atoms with E-state index < -0.39 is 5.72 Å². The average molecular weight is 358 g/mol. The van der Waals surface area contributed by atoms with Crippen molar-refractivity contribution in [2.45, 2.75) is 25.0 Å². The van der Waals surface area contributed by atoms with Gasteiger partial charge in [-0.3, -0.25) is 0 Å². The van der Waals surface area contributed by atoms with Gasteiger partial charge in [0.05, 0.1) is 12.5 Å². The van der Waals surface area contributed by atoms with E-state index in [0.717, 1.165) is 16.8 Å². The number of phenols is 1. The third-order valence-corrected chi connectivity index (χ3v) is 5.66. The molecule has 0 bridgehead atoms. The number of methoxy groups -OCH3 is 1. The molecule has 0 fully saturated rings. The maximum Gasteiger partial charge on any atom is 0.212 e. The van der Waals surface area contributed by atoms with E-state index in [4.69, 9.17) is 21.1 Å². The molecular weight excluding hydrogens is 338 g/mol. The Kier molecular flexibility index (Phi) is 3.29. The maximum absolute atomic E-state index is 9.89. The number of rotatable bonds is 1. The minimum Gasteiger partial charge on any atom is -0.508 e. The molecule has 2 aliphatic rings. The highest BCUT2D eigenvalue weighted by Crippen LogP contribution is 2.56. The van der Waals surface area contributed by atoms with E-state index in [1.807, 2.05) is 37.4 Å². The molecule has 0 amide bonds. The molecule has 0 aliphatic carbocycles. The fraction of sp³-hybridized carbons (Fsp3) is 0.300. The normalized spacial score (nSPS) is 22.5. The van der Waals surface area contributed by atoms with Gasteiger partial charge in [0.2, 0.25) is 5.72 Å². The highest BCUT2D eigenvalue weighted by atomic mass is 35.5. The second kappa shape index (κ2) is 5.09. The van der Waals surface area contributed by atoms with Crippen molar-refractivity contribution in [3.8, 4) is 17.2 Å². The van der Waals surface area contributed by atoms with Crippen LogP contribution in [0.4, 0.5) is 5.69 Å². The molecule has 1 atom stereocenters. The molecule has 0 radical (unpaired) electrons. The Bertz CT molecular complexity index is 906. The van der Waals surface area contributed by atoms with Crippen LogP contribution >= 0.6 is 11.6 Å². The lowest BCUT2D eigenvalue weighted by molar-refractivity contribution is 0.0551. The first-order valence-electron chi connectivity index (χ1n) is 8.13. The second-order valence-corrected chi connectivity index (χ2v) is 7.48. The number of benzene rings is 2. The molecule has 2 aromatic rings. The van der Waals surface area contributed by atoms with Gasteiger partial charge in [-0.1, -0.05) is 11.6 Å². The van der Waals surface area contributed by atoms with E-state index in [1.54, 1.807) is 19.2 Å². The number of hydrogen-bond acceptors (Lipinski definition) is 4. The number of nitrogens with zero attached hydrogens (tertiary/aromatic N) is 1. The quantitative estimate of drug-likeness (QED) is 0.811. The Balaban J connectivity index is 1.91. The average Bonchev–Trinajstić information content (AvgIpc) is 2.73. The molecule has 25 heavy (non-hydrogen) atoms. The first-order chi connectivity index (χ1) is 11.8. The molecule has 0 saturated heterocycles. The van der Waals surface area contributed by atoms with Crippen LogP contribution in [0.15, 0.2) is 36.4 Å².